The SMILES string of the molecule is CC(C)Oc1ccc2cccc(-n3cn[nH]c3=S)c2c1. The summed E-state index contributed by atoms with van der Waals surface area (Å²) in [5.41, 5.74) is 0.996. The normalized spacial score (nSPS) is 11.2. The lowest BCUT2D eigenvalue weighted by Crippen LogP contribution is -2.05. The predicted octanol–water partition coefficient (Wildman–Crippen LogP) is 3.87. The number of rotatable bonds is 3. The van der Waals surface area contributed by atoms with Crippen molar-refractivity contribution in [2.24, 2.45) is 0 Å². The molecule has 0 saturated heterocycles. The molecule has 1 N–H and O–H groups in total. The number of aromatic nitrogens is 3. The van der Waals surface area contributed by atoms with Crippen molar-refractivity contribution in [2.75, 3.05) is 0 Å². The van der Waals surface area contributed by atoms with Gasteiger partial charge >= 0.3 is 0 Å². The minimum absolute atomic E-state index is 0.149. The van der Waals surface area contributed by atoms with Gasteiger partial charge in [-0.2, -0.15) is 5.10 Å². The topological polar surface area (TPSA) is 42.8 Å². The van der Waals surface area contributed by atoms with Gasteiger partial charge in [0.25, 0.3) is 0 Å². The van der Waals surface area contributed by atoms with Crippen LogP contribution < -0.4 is 4.74 Å². The smallest absolute Gasteiger partial charge is 0.199 e. The molecule has 3 rings (SSSR count). The van der Waals surface area contributed by atoms with Crippen LogP contribution in [0.25, 0.3) is 16.5 Å². The molecule has 0 aliphatic rings. The van der Waals surface area contributed by atoms with Crippen LogP contribution in [0.1, 0.15) is 13.8 Å². The lowest BCUT2D eigenvalue weighted by Gasteiger charge is -2.12. The van der Waals surface area contributed by atoms with Crippen LogP contribution in [-0.4, -0.2) is 20.9 Å². The first-order valence-corrected chi connectivity index (χ1v) is 6.88. The lowest BCUT2D eigenvalue weighted by molar-refractivity contribution is 0.243. The number of H-pyrrole nitrogens is 1. The van der Waals surface area contributed by atoms with Crippen molar-refractivity contribution in [1.82, 2.24) is 14.8 Å². The molecular weight excluding hydrogens is 270 g/mol. The molecule has 2 aromatic carbocycles. The van der Waals surface area contributed by atoms with Crippen molar-refractivity contribution >= 4 is 23.0 Å². The molecule has 0 unspecified atom stereocenters. The fourth-order valence-corrected chi connectivity index (χ4v) is 2.41. The molecule has 0 fully saturated rings. The summed E-state index contributed by atoms with van der Waals surface area (Å²) in [4.78, 5) is 0. The van der Waals surface area contributed by atoms with E-state index < -0.39 is 0 Å². The molecule has 0 bridgehead atoms. The number of nitrogens with one attached hydrogen (secondary N) is 1. The number of nitrogens with zero attached hydrogens (tertiary/aromatic N) is 2. The summed E-state index contributed by atoms with van der Waals surface area (Å²) < 4.78 is 8.20. The highest BCUT2D eigenvalue weighted by Gasteiger charge is 2.06. The van der Waals surface area contributed by atoms with Crippen molar-refractivity contribution < 1.29 is 4.74 Å². The number of hydrogen-bond acceptors (Lipinski definition) is 3. The average Bonchev–Trinajstić information content (AvgIpc) is 2.83. The minimum Gasteiger partial charge on any atom is -0.491 e. The van der Waals surface area contributed by atoms with Gasteiger partial charge in [0.1, 0.15) is 12.1 Å². The Morgan fingerprint density at radius 1 is 1.25 bits per heavy atom. The lowest BCUT2D eigenvalue weighted by atomic mass is 10.1. The van der Waals surface area contributed by atoms with Crippen molar-refractivity contribution in [3.63, 3.8) is 0 Å². The van der Waals surface area contributed by atoms with Crippen LogP contribution in [0, 0.1) is 4.77 Å². The fourth-order valence-electron chi connectivity index (χ4n) is 2.21. The monoisotopic (exact) mass is 285 g/mol. The van der Waals surface area contributed by atoms with Crippen LogP contribution in [0.15, 0.2) is 42.7 Å². The molecule has 0 spiro atoms. The summed E-state index contributed by atoms with van der Waals surface area (Å²) in [6.07, 6.45) is 1.84. The molecule has 0 saturated carbocycles. The summed E-state index contributed by atoms with van der Waals surface area (Å²) in [5.74, 6) is 0.856. The molecule has 20 heavy (non-hydrogen) atoms. The van der Waals surface area contributed by atoms with Gasteiger partial charge in [-0.1, -0.05) is 18.2 Å². The van der Waals surface area contributed by atoms with E-state index in [0.717, 1.165) is 22.2 Å². The quantitative estimate of drug-likeness (QED) is 0.743. The first-order chi connectivity index (χ1) is 9.65. The van der Waals surface area contributed by atoms with E-state index in [1.165, 1.54) is 0 Å². The third kappa shape index (κ3) is 2.32. The Bertz CT molecular complexity index is 804. The highest BCUT2D eigenvalue weighted by atomic mass is 32.1. The van der Waals surface area contributed by atoms with E-state index in [4.69, 9.17) is 17.0 Å². The number of hydrogen-bond donors (Lipinski definition) is 1. The van der Waals surface area contributed by atoms with E-state index >= 15 is 0 Å². The second-order valence-electron chi connectivity index (χ2n) is 4.86. The highest BCUT2D eigenvalue weighted by molar-refractivity contribution is 7.71. The van der Waals surface area contributed by atoms with Gasteiger partial charge in [-0.05, 0) is 49.7 Å². The molecule has 102 valence electrons. The molecule has 5 heteroatoms. The number of ether oxygens (including phenoxy) is 1. The van der Waals surface area contributed by atoms with Crippen molar-refractivity contribution in [3.8, 4) is 11.4 Å². The Kier molecular flexibility index (Phi) is 3.28. The first kappa shape index (κ1) is 12.9. The van der Waals surface area contributed by atoms with Crippen molar-refractivity contribution in [1.29, 1.82) is 0 Å². The fraction of sp³-hybridized carbons (Fsp3) is 0.200. The van der Waals surface area contributed by atoms with E-state index in [1.807, 2.05) is 42.7 Å². The van der Waals surface area contributed by atoms with Crippen molar-refractivity contribution in [2.45, 2.75) is 20.0 Å². The molecule has 4 nitrogen and oxygen atoms in total. The average molecular weight is 285 g/mol. The van der Waals surface area contributed by atoms with Crippen LogP contribution in [0.5, 0.6) is 5.75 Å². The molecular formula is C15H15N3OS. The molecule has 0 radical (unpaired) electrons. The van der Waals surface area contributed by atoms with E-state index in [9.17, 15) is 0 Å². The number of aromatic amines is 1. The molecule has 1 aromatic heterocycles. The molecule has 0 atom stereocenters. The zero-order valence-electron chi connectivity index (χ0n) is 11.3. The van der Waals surface area contributed by atoms with Gasteiger partial charge in [0.05, 0.1) is 11.8 Å². The highest BCUT2D eigenvalue weighted by Crippen LogP contribution is 2.27. The Hall–Kier alpha value is -2.14. The maximum Gasteiger partial charge on any atom is 0.199 e. The Morgan fingerprint density at radius 2 is 2.10 bits per heavy atom. The zero-order valence-corrected chi connectivity index (χ0v) is 12.1. The van der Waals surface area contributed by atoms with Gasteiger partial charge in [0, 0.05) is 5.39 Å². The van der Waals surface area contributed by atoms with Crippen LogP contribution in [0.3, 0.4) is 0 Å². The van der Waals surface area contributed by atoms with Gasteiger partial charge in [-0.25, -0.2) is 0 Å². The first-order valence-electron chi connectivity index (χ1n) is 6.47. The molecule has 0 amide bonds. The van der Waals surface area contributed by atoms with E-state index in [-0.39, 0.29) is 6.10 Å². The van der Waals surface area contributed by atoms with E-state index in [2.05, 4.69) is 22.3 Å². The van der Waals surface area contributed by atoms with Crippen molar-refractivity contribution in [3.05, 3.63) is 47.5 Å². The summed E-state index contributed by atoms with van der Waals surface area (Å²) in [6.45, 7) is 4.03. The second kappa shape index (κ2) is 5.09. The molecule has 3 aromatic rings. The number of benzene rings is 2. The maximum atomic E-state index is 5.77. The van der Waals surface area contributed by atoms with Gasteiger partial charge in [-0.3, -0.25) is 9.67 Å². The van der Waals surface area contributed by atoms with Crippen LogP contribution in [-0.2, 0) is 0 Å². The van der Waals surface area contributed by atoms with Crippen LogP contribution >= 0.6 is 12.2 Å². The summed E-state index contributed by atoms with van der Waals surface area (Å²) >= 11 is 5.25. The standard InChI is InChI=1S/C15H15N3OS/c1-10(2)19-12-7-6-11-4-3-5-14(13(11)8-12)18-9-16-17-15(18)20/h3-10H,1-2H3,(H,17,20). The minimum atomic E-state index is 0.149. The van der Waals surface area contributed by atoms with Gasteiger partial charge in [0.15, 0.2) is 4.77 Å². The molecule has 0 aliphatic heterocycles. The largest absolute Gasteiger partial charge is 0.491 e. The summed E-state index contributed by atoms with van der Waals surface area (Å²) in [6, 6.07) is 12.2. The summed E-state index contributed by atoms with van der Waals surface area (Å²) in [7, 11) is 0. The Labute approximate surface area is 122 Å². The third-order valence-corrected chi connectivity index (χ3v) is 3.30. The number of fused-ring (bicyclic) bond motifs is 1. The van der Waals surface area contributed by atoms with E-state index in [0.29, 0.717) is 4.77 Å². The molecule has 0 aliphatic carbocycles. The van der Waals surface area contributed by atoms with Gasteiger partial charge < -0.3 is 4.74 Å². The van der Waals surface area contributed by atoms with Gasteiger partial charge in [0.2, 0.25) is 0 Å². The predicted molar refractivity (Wildman–Crippen MR) is 82.0 cm³/mol. The van der Waals surface area contributed by atoms with Crippen LogP contribution in [0.4, 0.5) is 0 Å². The molecule has 1 heterocycles. The Morgan fingerprint density at radius 3 is 2.80 bits per heavy atom. The van der Waals surface area contributed by atoms with E-state index in [1.54, 1.807) is 6.33 Å². The second-order valence-corrected chi connectivity index (χ2v) is 5.24. The van der Waals surface area contributed by atoms with Crippen LogP contribution in [0.2, 0.25) is 0 Å². The Balaban J connectivity index is 2.22. The third-order valence-electron chi connectivity index (χ3n) is 3.01. The summed E-state index contributed by atoms with van der Waals surface area (Å²) in [5, 5.41) is 8.98. The zero-order chi connectivity index (χ0) is 14.1. The van der Waals surface area contributed by atoms with Gasteiger partial charge in [-0.15, -0.1) is 0 Å². The maximum absolute atomic E-state index is 5.77.